The SMILES string of the molecule is CN(C)[C@@H](CNCc1cn(C)nc1-c1cccnc1)c1ccccc1. The molecule has 2 aromatic heterocycles. The highest BCUT2D eigenvalue weighted by Gasteiger charge is 2.15. The molecule has 1 N–H and O–H groups in total. The van der Waals surface area contributed by atoms with Crippen molar-refractivity contribution in [2.24, 2.45) is 7.05 Å². The molecule has 0 fully saturated rings. The summed E-state index contributed by atoms with van der Waals surface area (Å²) in [6.07, 6.45) is 5.72. The van der Waals surface area contributed by atoms with Crippen molar-refractivity contribution in [1.29, 1.82) is 0 Å². The molecule has 0 aliphatic carbocycles. The second-order valence-electron chi connectivity index (χ2n) is 6.44. The minimum absolute atomic E-state index is 0.333. The standard InChI is InChI=1S/C20H25N5/c1-24(2)19(16-8-5-4-6-9-16)14-22-13-18-15-25(3)23-20(18)17-10-7-11-21-12-17/h4-12,15,19,22H,13-14H2,1-3H3/t19-/m0/s1. The first-order valence-electron chi connectivity index (χ1n) is 8.50. The van der Waals surface area contributed by atoms with Crippen LogP contribution in [0.5, 0.6) is 0 Å². The van der Waals surface area contributed by atoms with Crippen molar-refractivity contribution in [3.05, 3.63) is 72.2 Å². The van der Waals surface area contributed by atoms with Gasteiger partial charge in [-0.05, 0) is 31.8 Å². The summed E-state index contributed by atoms with van der Waals surface area (Å²) in [5.74, 6) is 0. The van der Waals surface area contributed by atoms with Crippen LogP contribution in [0.3, 0.4) is 0 Å². The second kappa shape index (κ2) is 8.05. The van der Waals surface area contributed by atoms with Crippen molar-refractivity contribution in [2.75, 3.05) is 20.6 Å². The van der Waals surface area contributed by atoms with Crippen LogP contribution in [0.25, 0.3) is 11.3 Å². The molecule has 0 saturated heterocycles. The Labute approximate surface area is 149 Å². The molecular formula is C20H25N5. The Bertz CT molecular complexity index is 780. The summed E-state index contributed by atoms with van der Waals surface area (Å²) >= 11 is 0. The third kappa shape index (κ3) is 4.32. The van der Waals surface area contributed by atoms with E-state index in [-0.39, 0.29) is 0 Å². The van der Waals surface area contributed by atoms with Crippen LogP contribution in [0.15, 0.2) is 61.1 Å². The van der Waals surface area contributed by atoms with Gasteiger partial charge in [-0.1, -0.05) is 30.3 Å². The topological polar surface area (TPSA) is 46.0 Å². The molecule has 3 aromatic rings. The number of aryl methyl sites for hydroxylation is 1. The summed E-state index contributed by atoms with van der Waals surface area (Å²) in [6.45, 7) is 1.65. The highest BCUT2D eigenvalue weighted by Crippen LogP contribution is 2.21. The number of pyridine rings is 1. The van der Waals surface area contributed by atoms with Crippen LogP contribution < -0.4 is 5.32 Å². The summed E-state index contributed by atoms with van der Waals surface area (Å²) in [4.78, 5) is 6.45. The predicted molar refractivity (Wildman–Crippen MR) is 101 cm³/mol. The van der Waals surface area contributed by atoms with Crippen molar-refractivity contribution in [1.82, 2.24) is 25.0 Å². The quantitative estimate of drug-likeness (QED) is 0.721. The van der Waals surface area contributed by atoms with Gasteiger partial charge in [0.15, 0.2) is 0 Å². The Morgan fingerprint density at radius 1 is 1.12 bits per heavy atom. The van der Waals surface area contributed by atoms with Gasteiger partial charge in [0.2, 0.25) is 0 Å². The molecule has 0 aliphatic heterocycles. The first-order chi connectivity index (χ1) is 12.1. The molecule has 0 radical (unpaired) electrons. The van der Waals surface area contributed by atoms with Gasteiger partial charge in [-0.2, -0.15) is 5.10 Å². The zero-order valence-corrected chi connectivity index (χ0v) is 15.1. The lowest BCUT2D eigenvalue weighted by Crippen LogP contribution is -2.30. The van der Waals surface area contributed by atoms with E-state index in [0.29, 0.717) is 6.04 Å². The summed E-state index contributed by atoms with van der Waals surface area (Å²) in [5.41, 5.74) is 4.54. The average Bonchev–Trinajstić information content (AvgIpc) is 3.00. The van der Waals surface area contributed by atoms with Crippen LogP contribution in [0, 0.1) is 0 Å². The highest BCUT2D eigenvalue weighted by atomic mass is 15.3. The van der Waals surface area contributed by atoms with Crippen LogP contribution in [-0.4, -0.2) is 40.3 Å². The minimum atomic E-state index is 0.333. The maximum Gasteiger partial charge on any atom is 0.0983 e. The predicted octanol–water partition coefficient (Wildman–Crippen LogP) is 2.87. The third-order valence-electron chi connectivity index (χ3n) is 4.30. The van der Waals surface area contributed by atoms with Crippen molar-refractivity contribution < 1.29 is 0 Å². The molecule has 0 aliphatic rings. The smallest absolute Gasteiger partial charge is 0.0983 e. The van der Waals surface area contributed by atoms with E-state index in [9.17, 15) is 0 Å². The van der Waals surface area contributed by atoms with Crippen molar-refractivity contribution in [3.63, 3.8) is 0 Å². The Balaban J connectivity index is 1.70. The van der Waals surface area contributed by atoms with Crippen LogP contribution in [-0.2, 0) is 13.6 Å². The molecule has 5 nitrogen and oxygen atoms in total. The van der Waals surface area contributed by atoms with Gasteiger partial charge < -0.3 is 10.2 Å². The van der Waals surface area contributed by atoms with Gasteiger partial charge >= 0.3 is 0 Å². The molecule has 25 heavy (non-hydrogen) atoms. The number of rotatable bonds is 7. The van der Waals surface area contributed by atoms with E-state index in [2.05, 4.69) is 70.9 Å². The van der Waals surface area contributed by atoms with E-state index in [1.54, 1.807) is 6.20 Å². The van der Waals surface area contributed by atoms with E-state index >= 15 is 0 Å². The maximum absolute atomic E-state index is 4.60. The molecule has 130 valence electrons. The molecule has 0 unspecified atom stereocenters. The summed E-state index contributed by atoms with van der Waals surface area (Å²) in [6, 6.07) is 14.9. The first-order valence-corrected chi connectivity index (χ1v) is 8.50. The molecule has 3 rings (SSSR count). The van der Waals surface area contributed by atoms with Crippen molar-refractivity contribution in [2.45, 2.75) is 12.6 Å². The normalized spacial score (nSPS) is 12.5. The fourth-order valence-electron chi connectivity index (χ4n) is 3.03. The first kappa shape index (κ1) is 17.3. The molecular weight excluding hydrogens is 310 g/mol. The largest absolute Gasteiger partial charge is 0.311 e. The van der Waals surface area contributed by atoms with Crippen LogP contribution in [0.1, 0.15) is 17.2 Å². The fraction of sp³-hybridized carbons (Fsp3) is 0.300. The Kier molecular flexibility index (Phi) is 5.58. The molecule has 5 heteroatoms. The maximum atomic E-state index is 4.60. The molecule has 2 heterocycles. The monoisotopic (exact) mass is 335 g/mol. The summed E-state index contributed by atoms with van der Waals surface area (Å²) in [5, 5.41) is 8.19. The van der Waals surface area contributed by atoms with Gasteiger partial charge in [-0.3, -0.25) is 9.67 Å². The lowest BCUT2D eigenvalue weighted by Gasteiger charge is -2.25. The lowest BCUT2D eigenvalue weighted by atomic mass is 10.1. The van der Waals surface area contributed by atoms with E-state index in [0.717, 1.165) is 24.3 Å². The zero-order valence-electron chi connectivity index (χ0n) is 15.1. The average molecular weight is 335 g/mol. The van der Waals surface area contributed by atoms with Gasteiger partial charge in [-0.15, -0.1) is 0 Å². The Morgan fingerprint density at radius 3 is 2.60 bits per heavy atom. The number of nitrogens with zero attached hydrogens (tertiary/aromatic N) is 4. The third-order valence-corrected chi connectivity index (χ3v) is 4.30. The molecule has 0 amide bonds. The van der Waals surface area contributed by atoms with Gasteiger partial charge in [0.1, 0.15) is 0 Å². The molecule has 1 aromatic carbocycles. The number of likely N-dealkylation sites (N-methyl/N-ethyl adjacent to an activating group) is 1. The van der Waals surface area contributed by atoms with E-state index in [4.69, 9.17) is 0 Å². The number of aromatic nitrogens is 3. The van der Waals surface area contributed by atoms with Gasteiger partial charge in [0.25, 0.3) is 0 Å². The Hall–Kier alpha value is -2.50. The van der Waals surface area contributed by atoms with Crippen molar-refractivity contribution >= 4 is 0 Å². The zero-order chi connectivity index (χ0) is 17.6. The molecule has 1 atom stereocenters. The summed E-state index contributed by atoms with van der Waals surface area (Å²) < 4.78 is 1.86. The van der Waals surface area contributed by atoms with Gasteiger partial charge in [0, 0.05) is 55.9 Å². The minimum Gasteiger partial charge on any atom is -0.311 e. The number of nitrogens with one attached hydrogen (secondary N) is 1. The number of hydrogen-bond acceptors (Lipinski definition) is 4. The molecule has 0 bridgehead atoms. The van der Waals surface area contributed by atoms with E-state index in [1.807, 2.05) is 30.1 Å². The number of benzene rings is 1. The second-order valence-corrected chi connectivity index (χ2v) is 6.44. The van der Waals surface area contributed by atoms with Crippen LogP contribution >= 0.6 is 0 Å². The van der Waals surface area contributed by atoms with Crippen LogP contribution in [0.2, 0.25) is 0 Å². The van der Waals surface area contributed by atoms with Crippen molar-refractivity contribution in [3.8, 4) is 11.3 Å². The van der Waals surface area contributed by atoms with E-state index < -0.39 is 0 Å². The number of hydrogen-bond donors (Lipinski definition) is 1. The Morgan fingerprint density at radius 2 is 1.92 bits per heavy atom. The molecule has 0 spiro atoms. The highest BCUT2D eigenvalue weighted by molar-refractivity contribution is 5.61. The fourth-order valence-corrected chi connectivity index (χ4v) is 3.03. The van der Waals surface area contributed by atoms with Gasteiger partial charge in [-0.25, -0.2) is 0 Å². The molecule has 0 saturated carbocycles. The van der Waals surface area contributed by atoms with Gasteiger partial charge in [0.05, 0.1) is 5.69 Å². The summed E-state index contributed by atoms with van der Waals surface area (Å²) in [7, 11) is 6.19. The van der Waals surface area contributed by atoms with E-state index in [1.165, 1.54) is 11.1 Å². The lowest BCUT2D eigenvalue weighted by molar-refractivity contribution is 0.288. The van der Waals surface area contributed by atoms with Crippen LogP contribution in [0.4, 0.5) is 0 Å².